The smallest absolute Gasteiger partial charge is 0.385 e. The first-order valence-electron chi connectivity index (χ1n) is 8.17. The number of halogens is 3. The van der Waals surface area contributed by atoms with E-state index in [-0.39, 0.29) is 5.69 Å². The van der Waals surface area contributed by atoms with Gasteiger partial charge in [-0.3, -0.25) is 0 Å². The Bertz CT molecular complexity index is 766. The molecule has 1 aliphatic heterocycles. The number of nitrogens with one attached hydrogen (secondary N) is 1. The largest absolute Gasteiger partial charge is 0.451 e. The van der Waals surface area contributed by atoms with Crippen LogP contribution in [0.1, 0.15) is 35.5 Å². The number of nitrogens with zero attached hydrogens (tertiary/aromatic N) is 2. The fraction of sp³-hybridized carbons (Fsp3) is 0.444. The molecular formula is C18H20F3N3O. The molecule has 2 N–H and O–H groups in total. The summed E-state index contributed by atoms with van der Waals surface area (Å²) in [5.41, 5.74) is 1.65. The van der Waals surface area contributed by atoms with Crippen molar-refractivity contribution in [1.82, 2.24) is 15.3 Å². The van der Waals surface area contributed by atoms with Crippen molar-refractivity contribution in [2.45, 2.75) is 38.5 Å². The van der Waals surface area contributed by atoms with Crippen molar-refractivity contribution in [3.63, 3.8) is 0 Å². The van der Waals surface area contributed by atoms with Crippen molar-refractivity contribution in [2.24, 2.45) is 0 Å². The maximum atomic E-state index is 13.0. The van der Waals surface area contributed by atoms with Gasteiger partial charge in [0, 0.05) is 11.3 Å². The summed E-state index contributed by atoms with van der Waals surface area (Å²) in [6.07, 6.45) is -3.37. The normalized spacial score (nSPS) is 17.5. The van der Waals surface area contributed by atoms with Gasteiger partial charge in [0.25, 0.3) is 0 Å². The van der Waals surface area contributed by atoms with Crippen LogP contribution in [-0.2, 0) is 11.8 Å². The second-order valence-electron chi connectivity index (χ2n) is 6.46. The Morgan fingerprint density at radius 1 is 1.04 bits per heavy atom. The molecule has 4 nitrogen and oxygen atoms in total. The summed E-state index contributed by atoms with van der Waals surface area (Å²) in [5.74, 6) is -1.13. The van der Waals surface area contributed by atoms with Crippen molar-refractivity contribution >= 4 is 0 Å². The molecule has 134 valence electrons. The average molecular weight is 351 g/mol. The van der Waals surface area contributed by atoms with Gasteiger partial charge in [0.05, 0.1) is 11.3 Å². The molecular weight excluding hydrogens is 331 g/mol. The number of aliphatic hydroxyl groups is 1. The van der Waals surface area contributed by atoms with Crippen molar-refractivity contribution in [2.75, 3.05) is 13.1 Å². The number of benzene rings is 1. The van der Waals surface area contributed by atoms with E-state index in [0.717, 1.165) is 18.7 Å². The minimum atomic E-state index is -4.59. The molecule has 3 rings (SSSR count). The molecule has 0 unspecified atom stereocenters. The van der Waals surface area contributed by atoms with Gasteiger partial charge < -0.3 is 10.4 Å². The van der Waals surface area contributed by atoms with Crippen LogP contribution in [-0.4, -0.2) is 28.2 Å². The predicted octanol–water partition coefficient (Wildman–Crippen LogP) is 3.35. The zero-order valence-corrected chi connectivity index (χ0v) is 14.1. The highest BCUT2D eigenvalue weighted by Crippen LogP contribution is 2.34. The predicted molar refractivity (Wildman–Crippen MR) is 87.9 cm³/mol. The average Bonchev–Trinajstić information content (AvgIpc) is 2.57. The molecule has 1 fully saturated rings. The number of hydrogen-bond acceptors (Lipinski definition) is 4. The van der Waals surface area contributed by atoms with Crippen molar-refractivity contribution < 1.29 is 18.3 Å². The third-order valence-electron chi connectivity index (χ3n) is 4.77. The number of hydrogen-bond donors (Lipinski definition) is 2. The van der Waals surface area contributed by atoms with E-state index in [1.165, 1.54) is 0 Å². The van der Waals surface area contributed by atoms with Gasteiger partial charge in [-0.05, 0) is 50.9 Å². The SMILES string of the molecule is Cc1nc(C(F)(F)F)nc(-c2ccc(C3(O)CCNCC3)cc2)c1C. The van der Waals surface area contributed by atoms with E-state index in [9.17, 15) is 18.3 Å². The van der Waals surface area contributed by atoms with Crippen molar-refractivity contribution in [3.05, 3.63) is 46.9 Å². The van der Waals surface area contributed by atoms with Gasteiger partial charge in [-0.1, -0.05) is 24.3 Å². The van der Waals surface area contributed by atoms with E-state index in [0.29, 0.717) is 29.7 Å². The highest BCUT2D eigenvalue weighted by Gasteiger charge is 2.36. The highest BCUT2D eigenvalue weighted by molar-refractivity contribution is 5.64. The molecule has 1 aliphatic rings. The van der Waals surface area contributed by atoms with Crippen LogP contribution < -0.4 is 5.32 Å². The van der Waals surface area contributed by atoms with E-state index in [1.54, 1.807) is 38.1 Å². The lowest BCUT2D eigenvalue weighted by Crippen LogP contribution is -2.39. The van der Waals surface area contributed by atoms with E-state index in [2.05, 4.69) is 15.3 Å². The Hall–Kier alpha value is -1.99. The van der Waals surface area contributed by atoms with Crippen LogP contribution in [0.15, 0.2) is 24.3 Å². The summed E-state index contributed by atoms with van der Waals surface area (Å²) in [5, 5.41) is 13.9. The third-order valence-corrected chi connectivity index (χ3v) is 4.77. The lowest BCUT2D eigenvalue weighted by atomic mass is 9.84. The topological polar surface area (TPSA) is 58.0 Å². The monoisotopic (exact) mass is 351 g/mol. The van der Waals surface area contributed by atoms with Gasteiger partial charge in [0.1, 0.15) is 0 Å². The number of piperidine rings is 1. The number of aryl methyl sites for hydroxylation is 1. The Morgan fingerprint density at radius 2 is 1.64 bits per heavy atom. The molecule has 0 radical (unpaired) electrons. The summed E-state index contributed by atoms with van der Waals surface area (Å²) < 4.78 is 39.0. The summed E-state index contributed by atoms with van der Waals surface area (Å²) in [7, 11) is 0. The minimum absolute atomic E-state index is 0.267. The molecule has 0 atom stereocenters. The first kappa shape index (κ1) is 17.8. The van der Waals surface area contributed by atoms with Gasteiger partial charge in [-0.15, -0.1) is 0 Å². The Kier molecular flexibility index (Phi) is 4.55. The lowest BCUT2D eigenvalue weighted by Gasteiger charge is -2.33. The van der Waals surface area contributed by atoms with E-state index in [4.69, 9.17) is 0 Å². The van der Waals surface area contributed by atoms with Crippen LogP contribution in [0.2, 0.25) is 0 Å². The second kappa shape index (κ2) is 6.38. The summed E-state index contributed by atoms with van der Waals surface area (Å²) >= 11 is 0. The van der Waals surface area contributed by atoms with Crippen LogP contribution in [0, 0.1) is 13.8 Å². The van der Waals surface area contributed by atoms with Crippen molar-refractivity contribution in [1.29, 1.82) is 0 Å². The number of aromatic nitrogens is 2. The standard InChI is InChI=1S/C18H20F3N3O/c1-11-12(2)23-16(18(19,20)21)24-15(11)13-3-5-14(6-4-13)17(25)7-9-22-10-8-17/h3-6,22,25H,7-10H2,1-2H3. The molecule has 0 spiro atoms. The van der Waals surface area contributed by atoms with Crippen LogP contribution >= 0.6 is 0 Å². The zero-order valence-electron chi connectivity index (χ0n) is 14.1. The number of rotatable bonds is 2. The molecule has 0 aliphatic carbocycles. The molecule has 25 heavy (non-hydrogen) atoms. The van der Waals surface area contributed by atoms with Gasteiger partial charge in [0.2, 0.25) is 5.82 Å². The van der Waals surface area contributed by atoms with Gasteiger partial charge in [0.15, 0.2) is 0 Å². The fourth-order valence-corrected chi connectivity index (χ4v) is 3.10. The van der Waals surface area contributed by atoms with E-state index in [1.807, 2.05) is 0 Å². The third kappa shape index (κ3) is 3.52. The Labute approximate surface area is 144 Å². The minimum Gasteiger partial charge on any atom is -0.385 e. The molecule has 1 aromatic carbocycles. The van der Waals surface area contributed by atoms with Crippen LogP contribution in [0.25, 0.3) is 11.3 Å². The first-order chi connectivity index (χ1) is 11.7. The van der Waals surface area contributed by atoms with E-state index >= 15 is 0 Å². The Balaban J connectivity index is 1.99. The van der Waals surface area contributed by atoms with Crippen LogP contribution in [0.3, 0.4) is 0 Å². The summed E-state index contributed by atoms with van der Waals surface area (Å²) in [4.78, 5) is 7.27. The molecule has 0 bridgehead atoms. The molecule has 1 saturated heterocycles. The van der Waals surface area contributed by atoms with E-state index < -0.39 is 17.6 Å². The molecule has 2 heterocycles. The summed E-state index contributed by atoms with van der Waals surface area (Å²) in [6.45, 7) is 4.72. The summed E-state index contributed by atoms with van der Waals surface area (Å²) in [6, 6.07) is 6.96. The molecule has 1 aromatic heterocycles. The quantitative estimate of drug-likeness (QED) is 0.871. The zero-order chi connectivity index (χ0) is 18.2. The number of alkyl halides is 3. The maximum Gasteiger partial charge on any atom is 0.451 e. The lowest BCUT2D eigenvalue weighted by molar-refractivity contribution is -0.145. The molecule has 0 saturated carbocycles. The first-order valence-corrected chi connectivity index (χ1v) is 8.17. The van der Waals surface area contributed by atoms with Crippen molar-refractivity contribution in [3.8, 4) is 11.3 Å². The highest BCUT2D eigenvalue weighted by atomic mass is 19.4. The molecule has 0 amide bonds. The molecule has 2 aromatic rings. The molecule has 7 heteroatoms. The van der Waals surface area contributed by atoms with Gasteiger partial charge >= 0.3 is 6.18 Å². The van der Waals surface area contributed by atoms with Gasteiger partial charge in [-0.25, -0.2) is 9.97 Å². The van der Waals surface area contributed by atoms with Crippen LogP contribution in [0.4, 0.5) is 13.2 Å². The van der Waals surface area contributed by atoms with Crippen LogP contribution in [0.5, 0.6) is 0 Å². The van der Waals surface area contributed by atoms with Gasteiger partial charge in [-0.2, -0.15) is 13.2 Å². The fourth-order valence-electron chi connectivity index (χ4n) is 3.10. The maximum absolute atomic E-state index is 13.0. The second-order valence-corrected chi connectivity index (χ2v) is 6.46. The Morgan fingerprint density at radius 3 is 2.20 bits per heavy atom.